The number of anilines is 1. The molecular formula is C13H15Cl2N2O. The van der Waals surface area contributed by atoms with Gasteiger partial charge in [0.2, 0.25) is 0 Å². The van der Waals surface area contributed by atoms with Gasteiger partial charge in [0.25, 0.3) is 0 Å². The lowest BCUT2D eigenvalue weighted by molar-refractivity contribution is -0.121. The summed E-state index contributed by atoms with van der Waals surface area (Å²) in [4.78, 5) is 12.0. The number of benzene rings is 1. The Bertz CT molecular complexity index is 431. The van der Waals surface area contributed by atoms with Gasteiger partial charge in [0, 0.05) is 17.5 Å². The van der Waals surface area contributed by atoms with E-state index in [0.717, 1.165) is 25.2 Å². The highest BCUT2D eigenvalue weighted by molar-refractivity contribution is 6.36. The van der Waals surface area contributed by atoms with Crippen LogP contribution < -0.4 is 10.6 Å². The summed E-state index contributed by atoms with van der Waals surface area (Å²) >= 11 is 11.8. The fraction of sp³-hybridized carbons (Fsp3) is 0.385. The van der Waals surface area contributed by atoms with E-state index in [1.165, 1.54) is 0 Å². The maximum Gasteiger partial charge on any atom is 0.156 e. The molecule has 0 saturated carbocycles. The number of hydrogen-bond donors (Lipinski definition) is 2. The Kier molecular flexibility index (Phi) is 4.87. The lowest BCUT2D eigenvalue weighted by atomic mass is 9.95. The van der Waals surface area contributed by atoms with E-state index in [0.29, 0.717) is 16.6 Å². The van der Waals surface area contributed by atoms with Gasteiger partial charge in [0.15, 0.2) is 5.78 Å². The maximum atomic E-state index is 12.0. The first-order valence-electron chi connectivity index (χ1n) is 5.91. The van der Waals surface area contributed by atoms with E-state index in [4.69, 9.17) is 23.2 Å². The summed E-state index contributed by atoms with van der Waals surface area (Å²) in [5.41, 5.74) is 0.738. The zero-order valence-corrected chi connectivity index (χ0v) is 11.4. The molecule has 1 unspecified atom stereocenters. The van der Waals surface area contributed by atoms with Crippen molar-refractivity contribution in [1.82, 2.24) is 5.32 Å². The molecule has 5 heteroatoms. The zero-order valence-electron chi connectivity index (χ0n) is 9.88. The van der Waals surface area contributed by atoms with Crippen molar-refractivity contribution in [2.75, 3.05) is 25.0 Å². The average Bonchev–Trinajstić information content (AvgIpc) is 2.38. The fourth-order valence-electron chi connectivity index (χ4n) is 1.93. The highest BCUT2D eigenvalue weighted by Gasteiger charge is 2.20. The van der Waals surface area contributed by atoms with Crippen LogP contribution in [0.5, 0.6) is 0 Å². The van der Waals surface area contributed by atoms with Gasteiger partial charge in [-0.1, -0.05) is 23.2 Å². The molecule has 1 aliphatic rings. The minimum absolute atomic E-state index is 0.0670. The number of ketones is 1. The fourth-order valence-corrected chi connectivity index (χ4v) is 2.41. The molecule has 1 aliphatic heterocycles. The molecule has 0 aromatic heterocycles. The zero-order chi connectivity index (χ0) is 13.0. The minimum Gasteiger partial charge on any atom is -0.377 e. The Balaban J connectivity index is 1.88. The van der Waals surface area contributed by atoms with Crippen molar-refractivity contribution < 1.29 is 4.79 Å². The van der Waals surface area contributed by atoms with Gasteiger partial charge < -0.3 is 10.6 Å². The molecule has 1 aromatic carbocycles. The van der Waals surface area contributed by atoms with Crippen molar-refractivity contribution >= 4 is 34.7 Å². The van der Waals surface area contributed by atoms with Gasteiger partial charge in [-0.25, -0.2) is 0 Å². The molecular weight excluding hydrogens is 271 g/mol. The first-order chi connectivity index (χ1) is 8.66. The Labute approximate surface area is 117 Å². The number of nitrogens with one attached hydrogen (secondary N) is 2. The smallest absolute Gasteiger partial charge is 0.156 e. The molecule has 0 bridgehead atoms. The van der Waals surface area contributed by atoms with Crippen LogP contribution in [-0.4, -0.2) is 25.4 Å². The maximum absolute atomic E-state index is 12.0. The topological polar surface area (TPSA) is 41.1 Å². The normalized spacial score (nSPS) is 19.6. The van der Waals surface area contributed by atoms with Crippen molar-refractivity contribution in [3.8, 4) is 0 Å². The summed E-state index contributed by atoms with van der Waals surface area (Å²) in [6, 6.07) is 5.19. The van der Waals surface area contributed by atoms with Crippen molar-refractivity contribution in [1.29, 1.82) is 0 Å². The van der Waals surface area contributed by atoms with E-state index in [9.17, 15) is 4.79 Å². The second-order valence-corrected chi connectivity index (χ2v) is 5.17. The van der Waals surface area contributed by atoms with E-state index in [1.807, 2.05) is 0 Å². The van der Waals surface area contributed by atoms with E-state index in [1.54, 1.807) is 18.2 Å². The quantitative estimate of drug-likeness (QED) is 0.894. The summed E-state index contributed by atoms with van der Waals surface area (Å²) in [6.07, 6.45) is 2.95. The molecule has 0 amide bonds. The van der Waals surface area contributed by atoms with Crippen molar-refractivity contribution in [2.45, 2.75) is 6.42 Å². The van der Waals surface area contributed by atoms with Crippen LogP contribution in [0.4, 0.5) is 5.69 Å². The van der Waals surface area contributed by atoms with E-state index >= 15 is 0 Å². The molecule has 97 valence electrons. The summed E-state index contributed by atoms with van der Waals surface area (Å²) in [5.74, 6) is 0.266. The molecule has 1 aromatic rings. The van der Waals surface area contributed by atoms with E-state index in [-0.39, 0.29) is 11.7 Å². The first-order valence-corrected chi connectivity index (χ1v) is 6.66. The summed E-state index contributed by atoms with van der Waals surface area (Å²) in [5, 5.41) is 7.36. The van der Waals surface area contributed by atoms with Crippen molar-refractivity contribution in [3.05, 3.63) is 34.7 Å². The van der Waals surface area contributed by atoms with Gasteiger partial charge in [-0.2, -0.15) is 0 Å². The van der Waals surface area contributed by atoms with E-state index in [2.05, 4.69) is 17.1 Å². The number of carbonyl (C=O) groups is 1. The van der Waals surface area contributed by atoms with Crippen molar-refractivity contribution in [2.24, 2.45) is 5.92 Å². The number of piperidine rings is 1. The Hall–Kier alpha value is -0.770. The van der Waals surface area contributed by atoms with Crippen molar-refractivity contribution in [3.63, 3.8) is 0 Å². The van der Waals surface area contributed by atoms with Crippen LogP contribution in [0.25, 0.3) is 0 Å². The Morgan fingerprint density at radius 1 is 1.44 bits per heavy atom. The molecule has 2 rings (SSSR count). The Morgan fingerprint density at radius 3 is 2.94 bits per heavy atom. The molecule has 1 atom stereocenters. The van der Waals surface area contributed by atoms with Crippen LogP contribution in [0.1, 0.15) is 6.42 Å². The third kappa shape index (κ3) is 3.61. The lowest BCUT2D eigenvalue weighted by Crippen LogP contribution is -2.37. The number of hydrogen-bond acceptors (Lipinski definition) is 3. The van der Waals surface area contributed by atoms with Gasteiger partial charge in [-0.05, 0) is 37.6 Å². The van der Waals surface area contributed by atoms with Gasteiger partial charge in [0.05, 0.1) is 17.3 Å². The molecule has 0 spiro atoms. The van der Waals surface area contributed by atoms with Gasteiger partial charge in [-0.15, -0.1) is 0 Å². The van der Waals surface area contributed by atoms with Crippen LogP contribution in [0.3, 0.4) is 0 Å². The second kappa shape index (κ2) is 6.41. The van der Waals surface area contributed by atoms with Crippen LogP contribution in [0.15, 0.2) is 18.2 Å². The third-order valence-corrected chi connectivity index (χ3v) is 3.52. The number of halogens is 2. The first kappa shape index (κ1) is 13.7. The van der Waals surface area contributed by atoms with E-state index < -0.39 is 0 Å². The van der Waals surface area contributed by atoms with Crippen LogP contribution in [-0.2, 0) is 4.79 Å². The van der Waals surface area contributed by atoms with Gasteiger partial charge in [0.1, 0.15) is 0 Å². The molecule has 1 heterocycles. The lowest BCUT2D eigenvalue weighted by Gasteiger charge is -2.21. The molecule has 1 saturated heterocycles. The monoisotopic (exact) mass is 285 g/mol. The van der Waals surface area contributed by atoms with Crippen LogP contribution in [0, 0.1) is 12.3 Å². The molecule has 1 radical (unpaired) electrons. The van der Waals surface area contributed by atoms with Crippen LogP contribution >= 0.6 is 23.2 Å². The highest BCUT2D eigenvalue weighted by atomic mass is 35.5. The summed E-state index contributed by atoms with van der Waals surface area (Å²) < 4.78 is 0. The molecule has 1 fully saturated rings. The highest BCUT2D eigenvalue weighted by Crippen LogP contribution is 2.25. The standard InChI is InChI=1S/C13H15Cl2N2O/c14-10-3-4-12(11(15)6-10)17-8-13(18)9-2-1-5-16-7-9/h1,3-4,6,9,16-17H,2,5,7-8H2. The van der Waals surface area contributed by atoms with Crippen LogP contribution in [0.2, 0.25) is 10.0 Å². The average molecular weight is 286 g/mol. The largest absolute Gasteiger partial charge is 0.377 e. The number of carbonyl (C=O) groups excluding carboxylic acids is 1. The summed E-state index contributed by atoms with van der Waals surface area (Å²) in [6.45, 7) is 1.94. The second-order valence-electron chi connectivity index (χ2n) is 4.32. The number of Topliss-reactive ketones (excluding diaryl/α,β-unsaturated/α-hetero) is 1. The molecule has 18 heavy (non-hydrogen) atoms. The molecule has 0 aliphatic carbocycles. The summed E-state index contributed by atoms with van der Waals surface area (Å²) in [7, 11) is 0. The third-order valence-electron chi connectivity index (χ3n) is 2.97. The SMILES string of the molecule is O=C(CNc1ccc(Cl)cc1Cl)C1C[CH]CNC1. The molecule has 3 nitrogen and oxygen atoms in total. The predicted octanol–water partition coefficient (Wildman–Crippen LogP) is 2.79. The van der Waals surface area contributed by atoms with Gasteiger partial charge in [-0.3, -0.25) is 4.79 Å². The minimum atomic E-state index is 0.0670. The predicted molar refractivity (Wildman–Crippen MR) is 75.2 cm³/mol. The van der Waals surface area contributed by atoms with Gasteiger partial charge >= 0.3 is 0 Å². The molecule has 2 N–H and O–H groups in total. The number of rotatable bonds is 4. The Morgan fingerprint density at radius 2 is 2.28 bits per heavy atom.